The summed E-state index contributed by atoms with van der Waals surface area (Å²) in [6.07, 6.45) is 1.30. The van der Waals surface area contributed by atoms with Crippen molar-refractivity contribution in [3.8, 4) is 0 Å². The zero-order chi connectivity index (χ0) is 10.7. The normalized spacial score (nSPS) is 12.1. The molecule has 0 aliphatic heterocycles. The average Bonchev–Trinajstić information content (AvgIpc) is 2.16. The van der Waals surface area contributed by atoms with Crippen molar-refractivity contribution >= 4 is 11.9 Å². The highest BCUT2D eigenvalue weighted by atomic mass is 16.4. The Balaban J connectivity index is 3.19. The van der Waals surface area contributed by atoms with E-state index in [9.17, 15) is 9.59 Å². The monoisotopic (exact) mass is 196 g/mol. The molecule has 6 nitrogen and oxygen atoms in total. The van der Waals surface area contributed by atoms with Crippen LogP contribution in [0.25, 0.3) is 0 Å². The van der Waals surface area contributed by atoms with E-state index in [0.29, 0.717) is 0 Å². The predicted octanol–water partition coefficient (Wildman–Crippen LogP) is -0.136. The van der Waals surface area contributed by atoms with Gasteiger partial charge < -0.3 is 15.9 Å². The van der Waals surface area contributed by atoms with Crippen LogP contribution in [0, 0.1) is 0 Å². The molecule has 0 aliphatic carbocycles. The van der Waals surface area contributed by atoms with Gasteiger partial charge in [0.2, 0.25) is 0 Å². The third-order valence-electron chi connectivity index (χ3n) is 1.63. The van der Waals surface area contributed by atoms with E-state index in [1.807, 2.05) is 0 Å². The summed E-state index contributed by atoms with van der Waals surface area (Å²) in [5, 5.41) is 17.3. The van der Waals surface area contributed by atoms with Gasteiger partial charge in [-0.2, -0.15) is 0 Å². The maximum absolute atomic E-state index is 10.7. The van der Waals surface area contributed by atoms with Gasteiger partial charge >= 0.3 is 11.9 Å². The molecule has 6 heteroatoms. The van der Waals surface area contributed by atoms with Crippen LogP contribution in [0.2, 0.25) is 0 Å². The van der Waals surface area contributed by atoms with Crippen LogP contribution in [-0.2, 0) is 4.79 Å². The second-order valence-electron chi connectivity index (χ2n) is 2.56. The molecular weight excluding hydrogens is 188 g/mol. The van der Waals surface area contributed by atoms with Gasteiger partial charge in [-0.1, -0.05) is 0 Å². The van der Waals surface area contributed by atoms with Crippen LogP contribution >= 0.6 is 0 Å². The van der Waals surface area contributed by atoms with Gasteiger partial charge in [0.25, 0.3) is 0 Å². The maximum atomic E-state index is 10.7. The fourth-order valence-corrected chi connectivity index (χ4v) is 0.963. The molecular formula is C8H8N2O4. The van der Waals surface area contributed by atoms with Gasteiger partial charge in [-0.15, -0.1) is 0 Å². The molecule has 0 saturated carbocycles. The average molecular weight is 196 g/mol. The lowest BCUT2D eigenvalue weighted by Gasteiger charge is -2.07. The molecule has 0 aliphatic rings. The predicted molar refractivity (Wildman–Crippen MR) is 45.8 cm³/mol. The number of nitrogens with two attached hydrogens (primary N) is 1. The highest BCUT2D eigenvalue weighted by molar-refractivity contribution is 5.91. The molecule has 0 fully saturated rings. The Morgan fingerprint density at radius 2 is 2.07 bits per heavy atom. The van der Waals surface area contributed by atoms with Gasteiger partial charge in [-0.25, -0.2) is 4.79 Å². The van der Waals surface area contributed by atoms with Crippen molar-refractivity contribution in [2.75, 3.05) is 0 Å². The maximum Gasteiger partial charge on any atom is 0.337 e. The first kappa shape index (κ1) is 10.1. The van der Waals surface area contributed by atoms with E-state index >= 15 is 0 Å². The molecule has 0 spiro atoms. The van der Waals surface area contributed by atoms with E-state index in [-0.39, 0.29) is 11.3 Å². The minimum atomic E-state index is -1.41. The van der Waals surface area contributed by atoms with Gasteiger partial charge in [0.15, 0.2) is 0 Å². The molecule has 0 saturated heterocycles. The minimum Gasteiger partial charge on any atom is -0.480 e. The van der Waals surface area contributed by atoms with Crippen molar-refractivity contribution in [3.05, 3.63) is 29.6 Å². The molecule has 74 valence electrons. The third-order valence-corrected chi connectivity index (χ3v) is 1.63. The van der Waals surface area contributed by atoms with Gasteiger partial charge in [-0.05, 0) is 12.1 Å². The Hall–Kier alpha value is -1.95. The Bertz CT molecular complexity index is 377. The molecule has 14 heavy (non-hydrogen) atoms. The number of aromatic carboxylic acids is 1. The number of aliphatic carboxylic acids is 1. The fourth-order valence-electron chi connectivity index (χ4n) is 0.963. The Labute approximate surface area is 79.0 Å². The number of hydrogen-bond donors (Lipinski definition) is 3. The van der Waals surface area contributed by atoms with E-state index < -0.39 is 18.0 Å². The van der Waals surface area contributed by atoms with Crippen LogP contribution in [0.3, 0.4) is 0 Å². The van der Waals surface area contributed by atoms with Crippen molar-refractivity contribution in [2.45, 2.75) is 6.04 Å². The summed E-state index contributed by atoms with van der Waals surface area (Å²) in [6, 6.07) is 1.25. The number of hydrogen-bond acceptors (Lipinski definition) is 4. The Kier molecular flexibility index (Phi) is 2.78. The largest absolute Gasteiger partial charge is 0.480 e. The molecule has 1 aromatic heterocycles. The second kappa shape index (κ2) is 3.84. The molecule has 1 unspecified atom stereocenters. The zero-order valence-corrected chi connectivity index (χ0v) is 7.04. The lowest BCUT2D eigenvalue weighted by molar-refractivity contribution is -0.138. The SMILES string of the molecule is NC(C(=O)O)c1ncccc1C(=O)O. The van der Waals surface area contributed by atoms with E-state index in [1.165, 1.54) is 18.3 Å². The van der Waals surface area contributed by atoms with Crippen molar-refractivity contribution in [1.82, 2.24) is 4.98 Å². The van der Waals surface area contributed by atoms with Crippen LogP contribution in [-0.4, -0.2) is 27.1 Å². The highest BCUT2D eigenvalue weighted by Gasteiger charge is 2.22. The van der Waals surface area contributed by atoms with Crippen LogP contribution < -0.4 is 5.73 Å². The van der Waals surface area contributed by atoms with Crippen molar-refractivity contribution in [1.29, 1.82) is 0 Å². The zero-order valence-electron chi connectivity index (χ0n) is 7.04. The van der Waals surface area contributed by atoms with Crippen LogP contribution in [0.5, 0.6) is 0 Å². The molecule has 0 radical (unpaired) electrons. The number of nitrogens with zero attached hydrogens (tertiary/aromatic N) is 1. The van der Waals surface area contributed by atoms with Gasteiger partial charge in [-0.3, -0.25) is 9.78 Å². The smallest absolute Gasteiger partial charge is 0.337 e. The lowest BCUT2D eigenvalue weighted by Crippen LogP contribution is -2.24. The summed E-state index contributed by atoms with van der Waals surface area (Å²) in [5.41, 5.74) is 4.91. The highest BCUT2D eigenvalue weighted by Crippen LogP contribution is 2.13. The summed E-state index contributed by atoms with van der Waals surface area (Å²) < 4.78 is 0. The van der Waals surface area contributed by atoms with Crippen molar-refractivity contribution < 1.29 is 19.8 Å². The Morgan fingerprint density at radius 3 is 2.57 bits per heavy atom. The number of aromatic nitrogens is 1. The van der Waals surface area contributed by atoms with Gasteiger partial charge in [0, 0.05) is 6.20 Å². The van der Waals surface area contributed by atoms with Crippen LogP contribution in [0.1, 0.15) is 22.1 Å². The number of pyridine rings is 1. The summed E-state index contributed by atoms with van der Waals surface area (Å²) >= 11 is 0. The van der Waals surface area contributed by atoms with Crippen molar-refractivity contribution in [3.63, 3.8) is 0 Å². The lowest BCUT2D eigenvalue weighted by atomic mass is 10.1. The van der Waals surface area contributed by atoms with E-state index in [1.54, 1.807) is 0 Å². The first-order valence-electron chi connectivity index (χ1n) is 3.70. The fraction of sp³-hybridized carbons (Fsp3) is 0.125. The molecule has 1 aromatic rings. The summed E-state index contributed by atoms with van der Waals surface area (Å²) in [4.78, 5) is 24.8. The summed E-state index contributed by atoms with van der Waals surface area (Å²) in [5.74, 6) is -2.56. The first-order valence-corrected chi connectivity index (χ1v) is 3.70. The van der Waals surface area contributed by atoms with E-state index in [2.05, 4.69) is 4.98 Å². The minimum absolute atomic E-state index is 0.146. The van der Waals surface area contributed by atoms with Gasteiger partial charge in [0.05, 0.1) is 11.3 Å². The molecule has 4 N–H and O–H groups in total. The number of carboxylic acids is 2. The molecule has 1 atom stereocenters. The Morgan fingerprint density at radius 1 is 1.43 bits per heavy atom. The first-order chi connectivity index (χ1) is 6.54. The van der Waals surface area contributed by atoms with Gasteiger partial charge in [0.1, 0.15) is 6.04 Å². The summed E-state index contributed by atoms with van der Waals surface area (Å²) in [6.45, 7) is 0. The molecule has 0 amide bonds. The van der Waals surface area contributed by atoms with E-state index in [4.69, 9.17) is 15.9 Å². The third kappa shape index (κ3) is 1.86. The molecule has 0 aromatic carbocycles. The summed E-state index contributed by atoms with van der Waals surface area (Å²) in [7, 11) is 0. The molecule has 1 rings (SSSR count). The van der Waals surface area contributed by atoms with Crippen LogP contribution in [0.15, 0.2) is 18.3 Å². The number of carboxylic acid groups (broad SMARTS) is 2. The van der Waals surface area contributed by atoms with Crippen molar-refractivity contribution in [2.24, 2.45) is 5.73 Å². The molecule has 1 heterocycles. The quantitative estimate of drug-likeness (QED) is 0.620. The van der Waals surface area contributed by atoms with E-state index in [0.717, 1.165) is 0 Å². The second-order valence-corrected chi connectivity index (χ2v) is 2.56. The molecule has 0 bridgehead atoms. The number of carbonyl (C=O) groups is 2. The van der Waals surface area contributed by atoms with Crippen LogP contribution in [0.4, 0.5) is 0 Å². The topological polar surface area (TPSA) is 114 Å². The standard InChI is InChI=1S/C8H8N2O4/c9-5(8(13)14)6-4(7(11)12)2-1-3-10-6/h1-3,5H,9H2,(H,11,12)(H,13,14). The number of rotatable bonds is 3.